The lowest BCUT2D eigenvalue weighted by Gasteiger charge is -2.29. The van der Waals surface area contributed by atoms with Crippen molar-refractivity contribution in [3.63, 3.8) is 0 Å². The quantitative estimate of drug-likeness (QED) is 0.256. The molecule has 204 valence electrons. The van der Waals surface area contributed by atoms with Gasteiger partial charge >= 0.3 is 0 Å². The Morgan fingerprint density at radius 2 is 1.41 bits per heavy atom. The van der Waals surface area contributed by atoms with Crippen molar-refractivity contribution in [2.24, 2.45) is 5.92 Å². The number of benzene rings is 3. The Balaban J connectivity index is 1.79. The van der Waals surface area contributed by atoms with Gasteiger partial charge in [-0.25, -0.2) is 13.2 Å². The lowest BCUT2D eigenvalue weighted by Crippen LogP contribution is -2.29. The molecular formula is C31H31F3N2O3. The minimum atomic E-state index is -0.745. The van der Waals surface area contributed by atoms with Crippen LogP contribution in [0.4, 0.5) is 13.2 Å². The zero-order valence-electron chi connectivity index (χ0n) is 22.3. The van der Waals surface area contributed by atoms with E-state index in [1.165, 1.54) is 28.8 Å². The van der Waals surface area contributed by atoms with Crippen LogP contribution >= 0.6 is 0 Å². The summed E-state index contributed by atoms with van der Waals surface area (Å²) in [4.78, 5) is 17.4. The minimum Gasteiger partial charge on any atom is -0.494 e. The highest BCUT2D eigenvalue weighted by atomic mass is 19.1. The Morgan fingerprint density at radius 3 is 1.95 bits per heavy atom. The molecule has 0 aliphatic heterocycles. The summed E-state index contributed by atoms with van der Waals surface area (Å²) in [5.41, 5.74) is 2.19. The first-order chi connectivity index (χ1) is 18.5. The molecule has 4 rings (SSSR count). The molecule has 1 aromatic heterocycles. The molecule has 39 heavy (non-hydrogen) atoms. The van der Waals surface area contributed by atoms with Crippen molar-refractivity contribution >= 4 is 0 Å². The Kier molecular flexibility index (Phi) is 8.55. The van der Waals surface area contributed by atoms with Crippen LogP contribution in [-0.2, 0) is 17.8 Å². The molecule has 0 bridgehead atoms. The van der Waals surface area contributed by atoms with Crippen LogP contribution in [0.2, 0.25) is 0 Å². The maximum absolute atomic E-state index is 14.2. The van der Waals surface area contributed by atoms with Crippen molar-refractivity contribution in [1.29, 1.82) is 0 Å². The van der Waals surface area contributed by atoms with Crippen molar-refractivity contribution in [2.75, 3.05) is 0 Å². The predicted octanol–water partition coefficient (Wildman–Crippen LogP) is 6.79. The maximum atomic E-state index is 14.2. The molecule has 0 aliphatic carbocycles. The second-order valence-corrected chi connectivity index (χ2v) is 10.1. The summed E-state index contributed by atoms with van der Waals surface area (Å²) in [6.07, 6.45) is -0.101. The largest absolute Gasteiger partial charge is 0.494 e. The fourth-order valence-electron chi connectivity index (χ4n) is 4.63. The van der Waals surface area contributed by atoms with Crippen molar-refractivity contribution in [2.45, 2.75) is 52.9 Å². The van der Waals surface area contributed by atoms with E-state index in [1.807, 2.05) is 52.0 Å². The molecule has 0 aliphatic rings. The van der Waals surface area contributed by atoms with Gasteiger partial charge in [0.1, 0.15) is 29.9 Å². The summed E-state index contributed by atoms with van der Waals surface area (Å²) in [5, 5.41) is 11.5. The molecule has 3 aromatic carbocycles. The third-order valence-corrected chi connectivity index (χ3v) is 6.46. The van der Waals surface area contributed by atoms with Crippen molar-refractivity contribution in [1.82, 2.24) is 9.55 Å². The summed E-state index contributed by atoms with van der Waals surface area (Å²) in [6.45, 7) is 7.29. The number of hydrogen-bond donors (Lipinski definition) is 1. The van der Waals surface area contributed by atoms with Gasteiger partial charge in [0.25, 0.3) is 5.56 Å². The summed E-state index contributed by atoms with van der Waals surface area (Å²) < 4.78 is 48.9. The predicted molar refractivity (Wildman–Crippen MR) is 144 cm³/mol. The van der Waals surface area contributed by atoms with Gasteiger partial charge < -0.3 is 9.84 Å². The summed E-state index contributed by atoms with van der Waals surface area (Å²) in [5.74, 6) is -2.22. The van der Waals surface area contributed by atoms with Gasteiger partial charge in [0.2, 0.25) is 5.88 Å². The molecule has 1 heterocycles. The molecule has 0 saturated carbocycles. The van der Waals surface area contributed by atoms with Gasteiger partial charge in [-0.05, 0) is 66.3 Å². The van der Waals surface area contributed by atoms with E-state index in [2.05, 4.69) is 4.98 Å². The van der Waals surface area contributed by atoms with Crippen LogP contribution in [0.25, 0.3) is 11.1 Å². The van der Waals surface area contributed by atoms with Gasteiger partial charge in [-0.15, -0.1) is 0 Å². The number of aromatic nitrogens is 2. The number of aromatic hydroxyl groups is 1. The molecule has 0 saturated heterocycles. The number of ether oxygens (including phenoxy) is 1. The summed E-state index contributed by atoms with van der Waals surface area (Å²) >= 11 is 0. The second-order valence-electron chi connectivity index (χ2n) is 10.1. The smallest absolute Gasteiger partial charge is 0.280 e. The molecule has 0 unspecified atom stereocenters. The molecule has 8 heteroatoms. The van der Waals surface area contributed by atoms with Gasteiger partial charge in [-0.1, -0.05) is 50.2 Å². The van der Waals surface area contributed by atoms with Gasteiger partial charge in [-0.2, -0.15) is 4.98 Å². The van der Waals surface area contributed by atoms with E-state index >= 15 is 0 Å². The molecule has 0 fully saturated rings. The minimum absolute atomic E-state index is 0.0559. The summed E-state index contributed by atoms with van der Waals surface area (Å²) in [6, 6.07) is 16.0. The van der Waals surface area contributed by atoms with Gasteiger partial charge in [0.05, 0.1) is 17.7 Å². The maximum Gasteiger partial charge on any atom is 0.280 e. The first kappa shape index (κ1) is 28.1. The lowest BCUT2D eigenvalue weighted by atomic mass is 9.94. The fraction of sp³-hybridized carbons (Fsp3) is 0.290. The Bertz CT molecular complexity index is 1480. The van der Waals surface area contributed by atoms with Crippen LogP contribution in [0.15, 0.2) is 71.5 Å². The normalized spacial score (nSPS) is 12.3. The number of nitrogens with zero attached hydrogens (tertiary/aromatic N) is 2. The van der Waals surface area contributed by atoms with Gasteiger partial charge in [-0.3, -0.25) is 9.36 Å². The van der Waals surface area contributed by atoms with E-state index in [0.29, 0.717) is 5.56 Å². The van der Waals surface area contributed by atoms with Crippen LogP contribution < -0.4 is 5.56 Å². The van der Waals surface area contributed by atoms with Crippen LogP contribution in [0, 0.1) is 23.4 Å². The van der Waals surface area contributed by atoms with E-state index in [9.17, 15) is 23.1 Å². The first-order valence-corrected chi connectivity index (χ1v) is 12.8. The van der Waals surface area contributed by atoms with E-state index in [-0.39, 0.29) is 48.1 Å². The van der Waals surface area contributed by atoms with E-state index in [4.69, 9.17) is 4.74 Å². The SMILES string of the molecule is CC(C)OCc1nc(=O)c(Cc2ccc(-c3ccc(F)cc3)cc2)c(O)n1[C@H](c1cc(F)cc(F)c1)C(C)C. The van der Waals surface area contributed by atoms with Crippen molar-refractivity contribution < 1.29 is 23.0 Å². The third kappa shape index (κ3) is 6.57. The van der Waals surface area contributed by atoms with Crippen LogP contribution in [-0.4, -0.2) is 20.8 Å². The molecule has 1 atom stereocenters. The molecule has 1 N–H and O–H groups in total. The van der Waals surface area contributed by atoms with E-state index in [1.54, 1.807) is 12.1 Å². The Labute approximate surface area is 225 Å². The van der Waals surface area contributed by atoms with Crippen LogP contribution in [0.3, 0.4) is 0 Å². The molecular weight excluding hydrogens is 505 g/mol. The number of halogens is 3. The zero-order valence-corrected chi connectivity index (χ0v) is 22.3. The summed E-state index contributed by atoms with van der Waals surface area (Å²) in [7, 11) is 0. The number of rotatable bonds is 9. The highest BCUT2D eigenvalue weighted by molar-refractivity contribution is 5.63. The lowest BCUT2D eigenvalue weighted by molar-refractivity contribution is 0.0567. The fourth-order valence-corrected chi connectivity index (χ4v) is 4.63. The average molecular weight is 537 g/mol. The van der Waals surface area contributed by atoms with Crippen LogP contribution in [0.5, 0.6) is 5.88 Å². The second kappa shape index (κ2) is 11.9. The van der Waals surface area contributed by atoms with Gasteiger partial charge in [0, 0.05) is 12.5 Å². The molecule has 0 radical (unpaired) electrons. The number of hydrogen-bond acceptors (Lipinski definition) is 4. The third-order valence-electron chi connectivity index (χ3n) is 6.46. The topological polar surface area (TPSA) is 64.3 Å². The zero-order chi connectivity index (χ0) is 28.3. The first-order valence-electron chi connectivity index (χ1n) is 12.8. The Morgan fingerprint density at radius 1 is 0.846 bits per heavy atom. The highest BCUT2D eigenvalue weighted by Gasteiger charge is 2.27. The monoisotopic (exact) mass is 536 g/mol. The van der Waals surface area contributed by atoms with E-state index < -0.39 is 23.2 Å². The molecule has 0 spiro atoms. The Hall–Kier alpha value is -3.91. The molecule has 4 aromatic rings. The highest BCUT2D eigenvalue weighted by Crippen LogP contribution is 2.34. The van der Waals surface area contributed by atoms with Crippen molar-refractivity contribution in [3.8, 4) is 17.0 Å². The molecule has 5 nitrogen and oxygen atoms in total. The standard InChI is InChI=1S/C31H31F3N2O3/c1-18(2)29(23-14-25(33)16-26(34)15-23)36-28(17-39-19(3)4)35-30(37)27(31(36)38)13-20-5-7-21(8-6-20)22-9-11-24(32)12-10-22/h5-12,14-16,18-19,29,38H,13,17H2,1-4H3/t29-/m0/s1. The van der Waals surface area contributed by atoms with E-state index in [0.717, 1.165) is 22.8 Å². The van der Waals surface area contributed by atoms with Crippen molar-refractivity contribution in [3.05, 3.63) is 117 Å². The van der Waals surface area contributed by atoms with Crippen LogP contribution in [0.1, 0.15) is 56.3 Å². The average Bonchev–Trinajstić information content (AvgIpc) is 2.87. The van der Waals surface area contributed by atoms with Gasteiger partial charge in [0.15, 0.2) is 0 Å². The molecule has 0 amide bonds.